The number of benzene rings is 1. The molecule has 5 heteroatoms. The van der Waals surface area contributed by atoms with E-state index in [1.54, 1.807) is 6.07 Å². The van der Waals surface area contributed by atoms with Crippen LogP contribution < -0.4 is 10.6 Å². The van der Waals surface area contributed by atoms with Crippen LogP contribution in [0.2, 0.25) is 0 Å². The Balaban J connectivity index is 2.01. The van der Waals surface area contributed by atoms with E-state index in [1.807, 2.05) is 0 Å². The maximum absolute atomic E-state index is 13.6. The Kier molecular flexibility index (Phi) is 2.04. The molecule has 2 aliphatic rings. The molecule has 1 unspecified atom stereocenters. The second-order valence-electron chi connectivity index (χ2n) is 4.35. The van der Waals surface area contributed by atoms with Gasteiger partial charge in [0.25, 0.3) is 0 Å². The summed E-state index contributed by atoms with van der Waals surface area (Å²) < 4.78 is 32.0. The van der Waals surface area contributed by atoms with Gasteiger partial charge in [0.15, 0.2) is 11.6 Å². The number of rotatable bonds is 0. The lowest BCUT2D eigenvalue weighted by Crippen LogP contribution is -2.48. The van der Waals surface area contributed by atoms with Crippen LogP contribution in [0.3, 0.4) is 0 Å². The van der Waals surface area contributed by atoms with Gasteiger partial charge >= 0.3 is 0 Å². The van der Waals surface area contributed by atoms with Crippen molar-refractivity contribution >= 4 is 11.4 Å². The molecule has 0 aromatic heterocycles. The molecule has 2 aliphatic heterocycles. The minimum Gasteiger partial charge on any atom is -0.381 e. The van der Waals surface area contributed by atoms with Crippen LogP contribution in [-0.4, -0.2) is 25.3 Å². The molecule has 0 aliphatic carbocycles. The number of halogens is 2. The Hall–Kier alpha value is -1.36. The van der Waals surface area contributed by atoms with Crippen LogP contribution in [0.1, 0.15) is 6.42 Å². The van der Waals surface area contributed by atoms with Gasteiger partial charge in [0, 0.05) is 13.2 Å². The van der Waals surface area contributed by atoms with Crippen molar-refractivity contribution in [3.8, 4) is 0 Å². The first-order valence-corrected chi connectivity index (χ1v) is 5.28. The topological polar surface area (TPSA) is 33.3 Å². The molecule has 3 rings (SSSR count). The molecule has 1 aromatic rings. The largest absolute Gasteiger partial charge is 0.381 e. The Morgan fingerprint density at radius 2 is 2.19 bits per heavy atom. The Morgan fingerprint density at radius 3 is 2.94 bits per heavy atom. The van der Waals surface area contributed by atoms with Gasteiger partial charge in [0.1, 0.15) is 0 Å². The van der Waals surface area contributed by atoms with E-state index in [4.69, 9.17) is 4.74 Å². The van der Waals surface area contributed by atoms with Gasteiger partial charge in [-0.05, 0) is 18.6 Å². The molecule has 0 amide bonds. The number of fused-ring (bicyclic) bond motifs is 1. The van der Waals surface area contributed by atoms with Crippen molar-refractivity contribution in [1.82, 2.24) is 0 Å². The van der Waals surface area contributed by atoms with Crippen molar-refractivity contribution < 1.29 is 13.5 Å². The van der Waals surface area contributed by atoms with E-state index < -0.39 is 11.6 Å². The Labute approximate surface area is 91.8 Å². The molecule has 2 heterocycles. The number of ether oxygens (including phenoxy) is 1. The van der Waals surface area contributed by atoms with E-state index in [0.29, 0.717) is 25.4 Å². The van der Waals surface area contributed by atoms with Gasteiger partial charge in [-0.15, -0.1) is 0 Å². The van der Waals surface area contributed by atoms with Gasteiger partial charge in [0.05, 0.1) is 23.5 Å². The number of nitrogens with one attached hydrogen (secondary N) is 2. The number of hydrogen-bond donors (Lipinski definition) is 2. The van der Waals surface area contributed by atoms with E-state index in [-0.39, 0.29) is 11.2 Å². The van der Waals surface area contributed by atoms with Crippen LogP contribution in [0, 0.1) is 11.6 Å². The summed E-state index contributed by atoms with van der Waals surface area (Å²) in [5.74, 6) is -1.65. The van der Waals surface area contributed by atoms with Crippen LogP contribution in [-0.2, 0) is 4.74 Å². The molecule has 1 fully saturated rings. The molecule has 86 valence electrons. The molecule has 16 heavy (non-hydrogen) atoms. The first kappa shape index (κ1) is 9.84. The van der Waals surface area contributed by atoms with Crippen molar-refractivity contribution in [2.45, 2.75) is 12.0 Å². The average molecular weight is 226 g/mol. The molecule has 1 spiro atoms. The predicted octanol–water partition coefficient (Wildman–Crippen LogP) is 1.96. The van der Waals surface area contributed by atoms with Crippen LogP contribution in [0.4, 0.5) is 20.2 Å². The van der Waals surface area contributed by atoms with Gasteiger partial charge in [-0.25, -0.2) is 8.78 Å². The molecule has 0 radical (unpaired) electrons. The summed E-state index contributed by atoms with van der Waals surface area (Å²) >= 11 is 0. The fourth-order valence-electron chi connectivity index (χ4n) is 2.24. The minimum absolute atomic E-state index is 0.219. The molecule has 1 saturated heterocycles. The van der Waals surface area contributed by atoms with E-state index in [1.165, 1.54) is 0 Å². The highest BCUT2D eigenvalue weighted by atomic mass is 19.2. The molecule has 0 bridgehead atoms. The van der Waals surface area contributed by atoms with E-state index >= 15 is 0 Å². The lowest BCUT2D eigenvalue weighted by Gasteiger charge is -2.36. The smallest absolute Gasteiger partial charge is 0.184 e. The normalized spacial score (nSPS) is 27.4. The fourth-order valence-corrected chi connectivity index (χ4v) is 2.24. The molecule has 2 N–H and O–H groups in total. The predicted molar refractivity (Wildman–Crippen MR) is 56.6 cm³/mol. The standard InChI is InChI=1S/C11H12F2N2O/c12-7-1-2-8-10(9(7)13)15-11(5-14-8)3-4-16-6-11/h1-2,14-15H,3-6H2. The summed E-state index contributed by atoms with van der Waals surface area (Å²) in [5.41, 5.74) is 0.537. The van der Waals surface area contributed by atoms with Crippen molar-refractivity contribution in [2.75, 3.05) is 30.4 Å². The van der Waals surface area contributed by atoms with Crippen LogP contribution >= 0.6 is 0 Å². The van der Waals surface area contributed by atoms with Crippen LogP contribution in [0.15, 0.2) is 12.1 Å². The zero-order valence-electron chi connectivity index (χ0n) is 8.65. The fraction of sp³-hybridized carbons (Fsp3) is 0.455. The molecule has 3 nitrogen and oxygen atoms in total. The molecule has 1 aromatic carbocycles. The summed E-state index contributed by atoms with van der Waals surface area (Å²) in [7, 11) is 0. The maximum atomic E-state index is 13.6. The van der Waals surface area contributed by atoms with Crippen molar-refractivity contribution in [1.29, 1.82) is 0 Å². The highest BCUT2D eigenvalue weighted by Gasteiger charge is 2.39. The lowest BCUT2D eigenvalue weighted by atomic mass is 9.95. The molecule has 1 atom stereocenters. The van der Waals surface area contributed by atoms with Crippen molar-refractivity contribution in [3.63, 3.8) is 0 Å². The van der Waals surface area contributed by atoms with Gasteiger partial charge in [-0.1, -0.05) is 0 Å². The third-order valence-corrected chi connectivity index (χ3v) is 3.21. The van der Waals surface area contributed by atoms with Gasteiger partial charge in [0.2, 0.25) is 0 Å². The number of hydrogen-bond acceptors (Lipinski definition) is 3. The second-order valence-corrected chi connectivity index (χ2v) is 4.35. The van der Waals surface area contributed by atoms with Crippen LogP contribution in [0.5, 0.6) is 0 Å². The average Bonchev–Trinajstić information content (AvgIpc) is 2.73. The Morgan fingerprint density at radius 1 is 1.31 bits per heavy atom. The summed E-state index contributed by atoms with van der Waals surface area (Å²) in [4.78, 5) is 0. The summed E-state index contributed by atoms with van der Waals surface area (Å²) in [6.07, 6.45) is 0.801. The first-order chi connectivity index (χ1) is 7.70. The molecule has 0 saturated carbocycles. The van der Waals surface area contributed by atoms with Gasteiger partial charge in [-0.2, -0.15) is 0 Å². The summed E-state index contributed by atoms with van der Waals surface area (Å²) in [5, 5.41) is 6.19. The molecular weight excluding hydrogens is 214 g/mol. The quantitative estimate of drug-likeness (QED) is 0.709. The maximum Gasteiger partial charge on any atom is 0.184 e. The SMILES string of the molecule is Fc1ccc2c(c1F)NC1(CCOC1)CN2. The molecular formula is C11H12F2N2O. The van der Waals surface area contributed by atoms with Gasteiger partial charge in [-0.3, -0.25) is 0 Å². The van der Waals surface area contributed by atoms with Gasteiger partial charge < -0.3 is 15.4 Å². The Bertz CT molecular complexity index is 430. The number of anilines is 2. The summed E-state index contributed by atoms with van der Waals surface area (Å²) in [6.45, 7) is 1.85. The van der Waals surface area contributed by atoms with E-state index in [0.717, 1.165) is 12.5 Å². The third kappa shape index (κ3) is 1.35. The zero-order chi connectivity index (χ0) is 11.2. The van der Waals surface area contributed by atoms with Crippen LogP contribution in [0.25, 0.3) is 0 Å². The van der Waals surface area contributed by atoms with Crippen molar-refractivity contribution in [3.05, 3.63) is 23.8 Å². The highest BCUT2D eigenvalue weighted by molar-refractivity contribution is 5.73. The monoisotopic (exact) mass is 226 g/mol. The third-order valence-electron chi connectivity index (χ3n) is 3.21. The first-order valence-electron chi connectivity index (χ1n) is 5.28. The second kappa shape index (κ2) is 3.31. The zero-order valence-corrected chi connectivity index (χ0v) is 8.65. The van der Waals surface area contributed by atoms with Crippen molar-refractivity contribution in [2.24, 2.45) is 0 Å². The van der Waals surface area contributed by atoms with E-state index in [2.05, 4.69) is 10.6 Å². The highest BCUT2D eigenvalue weighted by Crippen LogP contribution is 2.36. The summed E-state index contributed by atoms with van der Waals surface area (Å²) in [6, 6.07) is 2.68. The van der Waals surface area contributed by atoms with E-state index in [9.17, 15) is 8.78 Å². The lowest BCUT2D eigenvalue weighted by molar-refractivity contribution is 0.183. The minimum atomic E-state index is -0.830.